The van der Waals surface area contributed by atoms with Crippen molar-refractivity contribution in [3.8, 4) is 11.5 Å². The lowest BCUT2D eigenvalue weighted by molar-refractivity contribution is -0.143. The van der Waals surface area contributed by atoms with Crippen LogP contribution in [-0.2, 0) is 26.2 Å². The summed E-state index contributed by atoms with van der Waals surface area (Å²) in [7, 11) is -3.99. The van der Waals surface area contributed by atoms with Crippen LogP contribution in [0.3, 0.4) is 0 Å². The predicted octanol–water partition coefficient (Wildman–Crippen LogP) is 2.59. The third kappa shape index (κ3) is 5.18. The summed E-state index contributed by atoms with van der Waals surface area (Å²) in [5, 5.41) is 0.651. The molecule has 0 atom stereocenters. The van der Waals surface area contributed by atoms with Gasteiger partial charge in [-0.3, -0.25) is 4.79 Å². The quantitative estimate of drug-likeness (QED) is 0.428. The first-order valence-corrected chi connectivity index (χ1v) is 11.8. The van der Waals surface area contributed by atoms with Gasteiger partial charge in [0.2, 0.25) is 10.0 Å². The van der Waals surface area contributed by atoms with Crippen LogP contribution >= 0.6 is 0 Å². The van der Waals surface area contributed by atoms with Crippen molar-refractivity contribution in [1.82, 2.24) is 4.72 Å². The molecule has 33 heavy (non-hydrogen) atoms. The van der Waals surface area contributed by atoms with Gasteiger partial charge in [0.1, 0.15) is 18.7 Å². The van der Waals surface area contributed by atoms with Crippen molar-refractivity contribution in [1.29, 1.82) is 0 Å². The second kappa shape index (κ2) is 9.24. The number of carbonyl (C=O) groups is 1. The van der Waals surface area contributed by atoms with Gasteiger partial charge in [-0.1, -0.05) is 0 Å². The second-order valence-electron chi connectivity index (χ2n) is 7.67. The Morgan fingerprint density at radius 2 is 1.76 bits per heavy atom. The van der Waals surface area contributed by atoms with E-state index in [1.54, 1.807) is 6.07 Å². The molecule has 1 N–H and O–H groups in total. The van der Waals surface area contributed by atoms with Crippen LogP contribution in [0.15, 0.2) is 50.5 Å². The molecule has 0 radical (unpaired) electrons. The first-order chi connectivity index (χ1) is 15.7. The van der Waals surface area contributed by atoms with E-state index in [2.05, 4.69) is 4.72 Å². The van der Waals surface area contributed by atoms with E-state index in [-0.39, 0.29) is 11.5 Å². The maximum absolute atomic E-state index is 12.6. The largest absolute Gasteiger partial charge is 0.490 e. The fourth-order valence-corrected chi connectivity index (χ4v) is 4.34. The molecule has 4 rings (SSSR count). The van der Waals surface area contributed by atoms with E-state index in [1.807, 2.05) is 19.9 Å². The van der Waals surface area contributed by atoms with E-state index in [4.69, 9.17) is 18.6 Å². The van der Waals surface area contributed by atoms with Crippen LogP contribution in [0, 0.1) is 13.8 Å². The smallest absolute Gasteiger partial charge is 0.336 e. The van der Waals surface area contributed by atoms with Gasteiger partial charge in [0.25, 0.3) is 0 Å². The summed E-state index contributed by atoms with van der Waals surface area (Å²) in [4.78, 5) is 24.0. The van der Waals surface area contributed by atoms with Gasteiger partial charge in [-0.25, -0.2) is 13.2 Å². The van der Waals surface area contributed by atoms with Gasteiger partial charge in [-0.05, 0) is 49.2 Å². The molecule has 0 aliphatic carbocycles. The van der Waals surface area contributed by atoms with E-state index in [1.165, 1.54) is 24.3 Å². The Balaban J connectivity index is 1.42. The number of hydrogen-bond acceptors (Lipinski definition) is 8. The summed E-state index contributed by atoms with van der Waals surface area (Å²) in [6.45, 7) is 3.95. The van der Waals surface area contributed by atoms with Crippen molar-refractivity contribution < 1.29 is 31.8 Å². The van der Waals surface area contributed by atoms with Crippen LogP contribution in [-0.4, -0.2) is 34.1 Å². The average molecular weight is 474 g/mol. The number of benzene rings is 2. The van der Waals surface area contributed by atoms with Crippen LogP contribution in [0.1, 0.15) is 23.1 Å². The maximum Gasteiger partial charge on any atom is 0.336 e. The number of aryl methyl sites for hydroxylation is 2. The molecule has 10 heteroatoms. The van der Waals surface area contributed by atoms with Crippen molar-refractivity contribution >= 4 is 27.0 Å². The van der Waals surface area contributed by atoms with Gasteiger partial charge in [0.15, 0.2) is 11.5 Å². The second-order valence-corrected chi connectivity index (χ2v) is 9.43. The lowest BCUT2D eigenvalue weighted by Crippen LogP contribution is -2.30. The minimum atomic E-state index is -3.99. The van der Waals surface area contributed by atoms with E-state index < -0.39 is 28.2 Å². The van der Waals surface area contributed by atoms with Gasteiger partial charge >= 0.3 is 11.6 Å². The van der Waals surface area contributed by atoms with Crippen molar-refractivity contribution in [2.24, 2.45) is 0 Å². The lowest BCUT2D eigenvalue weighted by atomic mass is 10.0. The van der Waals surface area contributed by atoms with Crippen LogP contribution in [0.2, 0.25) is 0 Å². The Hall–Kier alpha value is -3.37. The Kier molecular flexibility index (Phi) is 6.39. The summed E-state index contributed by atoms with van der Waals surface area (Å²) >= 11 is 0. The first kappa shape index (κ1) is 22.8. The van der Waals surface area contributed by atoms with Gasteiger partial charge in [-0.2, -0.15) is 4.72 Å². The minimum Gasteiger partial charge on any atom is -0.490 e. The Labute approximate surface area is 190 Å². The van der Waals surface area contributed by atoms with Gasteiger partial charge in [0.05, 0.1) is 18.1 Å². The van der Waals surface area contributed by atoms with Crippen LogP contribution in [0.5, 0.6) is 11.5 Å². The highest BCUT2D eigenvalue weighted by molar-refractivity contribution is 7.89. The molecule has 2 aromatic carbocycles. The van der Waals surface area contributed by atoms with Crippen molar-refractivity contribution in [2.75, 3.05) is 19.8 Å². The highest BCUT2D eigenvalue weighted by Gasteiger charge is 2.20. The zero-order chi connectivity index (χ0) is 23.6. The SMILES string of the molecule is Cc1cc2oc(=O)cc(COC(=O)CNS(=O)(=O)c3ccc4c(c3)OCCCO4)c2cc1C. The number of hydrogen-bond donors (Lipinski definition) is 1. The molecule has 9 nitrogen and oxygen atoms in total. The minimum absolute atomic E-state index is 0.0583. The first-order valence-electron chi connectivity index (χ1n) is 10.3. The van der Waals surface area contributed by atoms with Crippen molar-refractivity contribution in [3.05, 3.63) is 63.5 Å². The third-order valence-electron chi connectivity index (χ3n) is 5.27. The number of fused-ring (bicyclic) bond motifs is 2. The molecular formula is C23H23NO8S. The molecule has 1 aromatic heterocycles. The number of nitrogens with one attached hydrogen (secondary N) is 1. The lowest BCUT2D eigenvalue weighted by Gasteiger charge is -2.11. The number of esters is 1. The van der Waals surface area contributed by atoms with Crippen LogP contribution in [0.4, 0.5) is 0 Å². The summed E-state index contributed by atoms with van der Waals surface area (Å²) in [6.07, 6.45) is 0.693. The average Bonchev–Trinajstić information content (AvgIpc) is 3.02. The highest BCUT2D eigenvalue weighted by Crippen LogP contribution is 2.31. The standard InChI is InChI=1S/C23H23NO8S/c1-14-8-18-16(10-22(25)32-20(18)9-15(14)2)13-31-23(26)12-24-33(27,28)17-4-5-19-21(11-17)30-7-3-6-29-19/h4-5,8-11,24H,3,6-7,12-13H2,1-2H3. The van der Waals surface area contributed by atoms with E-state index >= 15 is 0 Å². The Morgan fingerprint density at radius 1 is 1.03 bits per heavy atom. The van der Waals surface area contributed by atoms with Crippen molar-refractivity contribution in [3.63, 3.8) is 0 Å². The predicted molar refractivity (Wildman–Crippen MR) is 119 cm³/mol. The fraction of sp³-hybridized carbons (Fsp3) is 0.304. The zero-order valence-corrected chi connectivity index (χ0v) is 19.0. The normalized spacial score (nSPS) is 13.5. The van der Waals surface area contributed by atoms with E-state index in [0.29, 0.717) is 47.7 Å². The summed E-state index contributed by atoms with van der Waals surface area (Å²) in [5.41, 5.74) is 2.26. The molecular weight excluding hydrogens is 450 g/mol. The molecule has 0 unspecified atom stereocenters. The zero-order valence-electron chi connectivity index (χ0n) is 18.2. The molecule has 3 aromatic rings. The van der Waals surface area contributed by atoms with Crippen molar-refractivity contribution in [2.45, 2.75) is 31.8 Å². The summed E-state index contributed by atoms with van der Waals surface area (Å²) in [6, 6.07) is 9.11. The number of rotatable bonds is 6. The van der Waals surface area contributed by atoms with Gasteiger partial charge in [0, 0.05) is 29.5 Å². The van der Waals surface area contributed by atoms with E-state index in [0.717, 1.165) is 11.1 Å². The number of carbonyl (C=O) groups excluding carboxylic acids is 1. The fourth-order valence-electron chi connectivity index (χ4n) is 3.36. The Bertz CT molecular complexity index is 1380. The molecule has 0 fully saturated rings. The van der Waals surface area contributed by atoms with Gasteiger partial charge in [-0.15, -0.1) is 0 Å². The number of sulfonamides is 1. The van der Waals surface area contributed by atoms with Crippen LogP contribution in [0.25, 0.3) is 11.0 Å². The maximum atomic E-state index is 12.6. The summed E-state index contributed by atoms with van der Waals surface area (Å²) in [5.74, 6) is 0.00673. The highest BCUT2D eigenvalue weighted by atomic mass is 32.2. The molecule has 0 saturated carbocycles. The number of ether oxygens (including phenoxy) is 3. The molecule has 0 bridgehead atoms. The van der Waals surface area contributed by atoms with E-state index in [9.17, 15) is 18.0 Å². The molecule has 174 valence electrons. The molecule has 0 amide bonds. The van der Waals surface area contributed by atoms with Gasteiger partial charge < -0.3 is 18.6 Å². The molecule has 0 spiro atoms. The molecule has 0 saturated heterocycles. The molecule has 2 heterocycles. The topological polar surface area (TPSA) is 121 Å². The summed E-state index contributed by atoms with van der Waals surface area (Å²) < 4.78 is 48.9. The third-order valence-corrected chi connectivity index (χ3v) is 6.67. The van der Waals surface area contributed by atoms with Crippen LogP contribution < -0.4 is 19.8 Å². The Morgan fingerprint density at radius 3 is 2.55 bits per heavy atom. The monoisotopic (exact) mass is 473 g/mol. The molecule has 1 aliphatic rings. The molecule has 1 aliphatic heterocycles.